The molecule has 39 heavy (non-hydrogen) atoms. The lowest BCUT2D eigenvalue weighted by atomic mass is 10.1. The highest BCUT2D eigenvalue weighted by Crippen LogP contribution is 2.34. The molecule has 0 aliphatic heterocycles. The number of furan rings is 1. The molecule has 0 aliphatic carbocycles. The maximum Gasteiger partial charge on any atom is 0.307 e. The molecule has 0 saturated carbocycles. The van der Waals surface area contributed by atoms with Crippen LogP contribution in [0.25, 0.3) is 11.0 Å². The standard InChI is InChI=1S/C27H22N4O8/c1-3-4-19-11-18(12-24(37-2)26(19)38-16-17-5-7-21(8-6-17)30(33)34)15-28-29-27(32)25-14-20-13-22(31(35)36)9-10-23(20)39-25/h3,5-15H,1,4,16H2,2H3,(H,29,32)/b28-15-. The number of carbonyl (C=O) groups is 1. The van der Waals surface area contributed by atoms with Crippen LogP contribution in [-0.4, -0.2) is 29.1 Å². The second kappa shape index (κ2) is 11.7. The first kappa shape index (κ1) is 26.5. The maximum atomic E-state index is 12.5. The predicted molar refractivity (Wildman–Crippen MR) is 142 cm³/mol. The average Bonchev–Trinajstić information content (AvgIpc) is 3.36. The third-order valence-electron chi connectivity index (χ3n) is 5.58. The minimum Gasteiger partial charge on any atom is -0.493 e. The molecule has 0 spiro atoms. The second-order valence-electron chi connectivity index (χ2n) is 8.21. The van der Waals surface area contributed by atoms with Gasteiger partial charge in [0.1, 0.15) is 12.2 Å². The zero-order valence-electron chi connectivity index (χ0n) is 20.7. The van der Waals surface area contributed by atoms with Crippen molar-refractivity contribution in [1.29, 1.82) is 0 Å². The molecule has 0 unspecified atom stereocenters. The Labute approximate surface area is 221 Å². The van der Waals surface area contributed by atoms with Crippen LogP contribution in [-0.2, 0) is 13.0 Å². The number of nitrogens with zero attached hydrogens (tertiary/aromatic N) is 3. The molecule has 0 bridgehead atoms. The highest BCUT2D eigenvalue weighted by atomic mass is 16.6. The summed E-state index contributed by atoms with van der Waals surface area (Å²) in [5.74, 6) is 0.213. The highest BCUT2D eigenvalue weighted by molar-refractivity contribution is 5.97. The molecule has 1 aromatic heterocycles. The van der Waals surface area contributed by atoms with Gasteiger partial charge in [-0.1, -0.05) is 6.08 Å². The van der Waals surface area contributed by atoms with Gasteiger partial charge < -0.3 is 13.9 Å². The Morgan fingerprint density at radius 1 is 1.05 bits per heavy atom. The molecule has 0 fully saturated rings. The molecular formula is C27H22N4O8. The van der Waals surface area contributed by atoms with E-state index in [1.54, 1.807) is 30.3 Å². The molecule has 4 rings (SSSR count). The number of hydrogen-bond acceptors (Lipinski definition) is 9. The molecule has 1 N–H and O–H groups in total. The number of benzene rings is 3. The Kier molecular flexibility index (Phi) is 7.95. The summed E-state index contributed by atoms with van der Waals surface area (Å²) in [5, 5.41) is 26.2. The van der Waals surface area contributed by atoms with Gasteiger partial charge in [0.15, 0.2) is 17.3 Å². The number of methoxy groups -OCH3 is 1. The number of nitrogens with one attached hydrogen (secondary N) is 1. The summed E-state index contributed by atoms with van der Waals surface area (Å²) in [5.41, 5.74) is 4.67. The predicted octanol–water partition coefficient (Wildman–Crippen LogP) is 5.33. The summed E-state index contributed by atoms with van der Waals surface area (Å²) in [6.07, 6.45) is 3.56. The summed E-state index contributed by atoms with van der Waals surface area (Å²) in [6, 6.07) is 14.9. The highest BCUT2D eigenvalue weighted by Gasteiger charge is 2.16. The van der Waals surface area contributed by atoms with Crippen molar-refractivity contribution in [3.63, 3.8) is 0 Å². The number of carbonyl (C=O) groups excluding carboxylic acids is 1. The van der Waals surface area contributed by atoms with Gasteiger partial charge in [0, 0.05) is 35.2 Å². The van der Waals surface area contributed by atoms with Crippen LogP contribution in [0.15, 0.2) is 82.8 Å². The van der Waals surface area contributed by atoms with E-state index in [4.69, 9.17) is 13.9 Å². The van der Waals surface area contributed by atoms with Crippen molar-refractivity contribution in [2.75, 3.05) is 7.11 Å². The molecule has 12 heteroatoms. The Balaban J connectivity index is 1.48. The molecule has 0 radical (unpaired) electrons. The molecule has 3 aromatic carbocycles. The number of hydrazone groups is 1. The molecule has 0 atom stereocenters. The van der Waals surface area contributed by atoms with Crippen molar-refractivity contribution in [3.8, 4) is 11.5 Å². The van der Waals surface area contributed by atoms with Gasteiger partial charge in [-0.2, -0.15) is 5.10 Å². The van der Waals surface area contributed by atoms with E-state index in [1.165, 1.54) is 49.7 Å². The fourth-order valence-corrected chi connectivity index (χ4v) is 3.73. The number of amides is 1. The number of fused-ring (bicyclic) bond motifs is 1. The third-order valence-corrected chi connectivity index (χ3v) is 5.58. The lowest BCUT2D eigenvalue weighted by Crippen LogP contribution is -2.16. The Bertz CT molecular complexity index is 1590. The van der Waals surface area contributed by atoms with E-state index in [2.05, 4.69) is 17.1 Å². The third kappa shape index (κ3) is 6.25. The zero-order valence-corrected chi connectivity index (χ0v) is 20.7. The van der Waals surface area contributed by atoms with Gasteiger partial charge in [-0.05, 0) is 53.9 Å². The largest absolute Gasteiger partial charge is 0.493 e. The summed E-state index contributed by atoms with van der Waals surface area (Å²) in [4.78, 5) is 33.3. The molecule has 1 heterocycles. The Hall–Kier alpha value is -5.52. The van der Waals surface area contributed by atoms with E-state index in [0.29, 0.717) is 34.5 Å². The van der Waals surface area contributed by atoms with Gasteiger partial charge in [-0.15, -0.1) is 6.58 Å². The SMILES string of the molecule is C=CCc1cc(/C=N\NC(=O)c2cc3cc([N+](=O)[O-])ccc3o2)cc(OC)c1OCc1ccc([N+](=O)[O-])cc1. The van der Waals surface area contributed by atoms with Crippen molar-refractivity contribution in [1.82, 2.24) is 5.43 Å². The number of hydrogen-bond donors (Lipinski definition) is 1. The van der Waals surface area contributed by atoms with E-state index >= 15 is 0 Å². The summed E-state index contributed by atoms with van der Waals surface area (Å²) < 4.78 is 17.0. The molecular weight excluding hydrogens is 508 g/mol. The van der Waals surface area contributed by atoms with Crippen LogP contribution in [0.4, 0.5) is 11.4 Å². The second-order valence-corrected chi connectivity index (χ2v) is 8.21. The van der Waals surface area contributed by atoms with Gasteiger partial charge in [-0.25, -0.2) is 5.43 Å². The van der Waals surface area contributed by atoms with Crippen LogP contribution in [0.1, 0.15) is 27.2 Å². The van der Waals surface area contributed by atoms with Crippen molar-refractivity contribution < 1.29 is 28.5 Å². The van der Waals surface area contributed by atoms with E-state index in [9.17, 15) is 25.0 Å². The van der Waals surface area contributed by atoms with Crippen molar-refractivity contribution in [2.24, 2.45) is 5.10 Å². The quantitative estimate of drug-likeness (QED) is 0.118. The van der Waals surface area contributed by atoms with Gasteiger partial charge in [0.25, 0.3) is 11.4 Å². The number of non-ortho nitro benzene ring substituents is 2. The number of ether oxygens (including phenoxy) is 2. The fourth-order valence-electron chi connectivity index (χ4n) is 3.73. The molecule has 0 aliphatic rings. The van der Waals surface area contributed by atoms with Crippen LogP contribution in [0.3, 0.4) is 0 Å². The maximum absolute atomic E-state index is 12.5. The summed E-state index contributed by atoms with van der Waals surface area (Å²) in [7, 11) is 1.49. The first-order chi connectivity index (χ1) is 18.8. The lowest BCUT2D eigenvalue weighted by molar-refractivity contribution is -0.385. The van der Waals surface area contributed by atoms with Crippen molar-refractivity contribution in [2.45, 2.75) is 13.0 Å². The first-order valence-corrected chi connectivity index (χ1v) is 11.5. The smallest absolute Gasteiger partial charge is 0.307 e. The van der Waals surface area contributed by atoms with E-state index in [0.717, 1.165) is 11.1 Å². The first-order valence-electron chi connectivity index (χ1n) is 11.5. The Morgan fingerprint density at radius 3 is 2.44 bits per heavy atom. The van der Waals surface area contributed by atoms with Crippen LogP contribution in [0.2, 0.25) is 0 Å². The van der Waals surface area contributed by atoms with Gasteiger partial charge in [-0.3, -0.25) is 25.0 Å². The van der Waals surface area contributed by atoms with E-state index in [-0.39, 0.29) is 23.7 Å². The minimum atomic E-state index is -0.633. The number of nitro benzene ring substituents is 2. The molecule has 0 saturated heterocycles. The van der Waals surface area contributed by atoms with Crippen LogP contribution < -0.4 is 14.9 Å². The minimum absolute atomic E-state index is 0.0105. The fraction of sp³-hybridized carbons (Fsp3) is 0.111. The zero-order chi connectivity index (χ0) is 27.9. The van der Waals surface area contributed by atoms with Gasteiger partial charge in [0.2, 0.25) is 0 Å². The van der Waals surface area contributed by atoms with Crippen molar-refractivity contribution >= 4 is 34.5 Å². The van der Waals surface area contributed by atoms with E-state index in [1.807, 2.05) is 0 Å². The van der Waals surface area contributed by atoms with E-state index < -0.39 is 15.8 Å². The molecule has 4 aromatic rings. The van der Waals surface area contributed by atoms with Gasteiger partial charge >= 0.3 is 5.91 Å². The Morgan fingerprint density at radius 2 is 1.77 bits per heavy atom. The van der Waals surface area contributed by atoms with Crippen LogP contribution in [0, 0.1) is 20.2 Å². The molecule has 198 valence electrons. The number of rotatable bonds is 11. The normalized spacial score (nSPS) is 10.9. The summed E-state index contributed by atoms with van der Waals surface area (Å²) >= 11 is 0. The van der Waals surface area contributed by atoms with Gasteiger partial charge in [0.05, 0.1) is 23.2 Å². The number of nitro groups is 2. The van der Waals surface area contributed by atoms with Crippen LogP contribution >= 0.6 is 0 Å². The molecule has 1 amide bonds. The van der Waals surface area contributed by atoms with Crippen LogP contribution in [0.5, 0.6) is 11.5 Å². The summed E-state index contributed by atoms with van der Waals surface area (Å²) in [6.45, 7) is 3.94. The monoisotopic (exact) mass is 530 g/mol. The van der Waals surface area contributed by atoms with Crippen molar-refractivity contribution in [3.05, 3.63) is 116 Å². The topological polar surface area (TPSA) is 159 Å². The lowest BCUT2D eigenvalue weighted by Gasteiger charge is -2.16. The molecule has 12 nitrogen and oxygen atoms in total. The average molecular weight is 530 g/mol. The number of allylic oxidation sites excluding steroid dienone is 1.